The van der Waals surface area contributed by atoms with Crippen LogP contribution < -0.4 is 0 Å². The number of rotatable bonds is 3. The number of pyridine rings is 1. The van der Waals surface area contributed by atoms with E-state index in [-0.39, 0.29) is 5.91 Å². The summed E-state index contributed by atoms with van der Waals surface area (Å²) in [5.41, 5.74) is 0.382. The molecule has 0 fully saturated rings. The van der Waals surface area contributed by atoms with Crippen LogP contribution in [0.3, 0.4) is 0 Å². The molecule has 94 valence electrons. The number of carbonyl (C=O) groups is 1. The lowest BCUT2D eigenvalue weighted by Crippen LogP contribution is -2.27. The first-order chi connectivity index (χ1) is 8.58. The van der Waals surface area contributed by atoms with Crippen LogP contribution in [0.4, 0.5) is 0 Å². The van der Waals surface area contributed by atoms with Gasteiger partial charge in [0, 0.05) is 17.7 Å². The largest absolute Gasteiger partial charge is 0.333 e. The molecule has 2 aromatic heterocycles. The van der Waals surface area contributed by atoms with Crippen LogP contribution in [-0.2, 0) is 6.54 Å². The molecular formula is C11H12BrN5O. The second-order valence-electron chi connectivity index (χ2n) is 3.83. The van der Waals surface area contributed by atoms with Gasteiger partial charge in [0.05, 0.1) is 6.54 Å². The molecule has 1 amide bonds. The fourth-order valence-corrected chi connectivity index (χ4v) is 1.89. The van der Waals surface area contributed by atoms with Crippen LogP contribution in [-0.4, -0.2) is 38.0 Å². The Morgan fingerprint density at radius 1 is 1.56 bits per heavy atom. The third-order valence-electron chi connectivity index (χ3n) is 2.33. The molecule has 0 saturated carbocycles. The van der Waals surface area contributed by atoms with E-state index in [9.17, 15) is 4.79 Å². The second kappa shape index (κ2) is 5.26. The maximum absolute atomic E-state index is 12.1. The molecule has 18 heavy (non-hydrogen) atoms. The molecule has 0 radical (unpaired) electrons. The van der Waals surface area contributed by atoms with Crippen LogP contribution in [0.25, 0.3) is 0 Å². The van der Waals surface area contributed by atoms with Crippen molar-refractivity contribution < 1.29 is 4.79 Å². The number of amides is 1. The summed E-state index contributed by atoms with van der Waals surface area (Å²) < 4.78 is 0.674. The number of nitrogens with zero attached hydrogens (tertiary/aromatic N) is 4. The standard InChI is InChI=1S/C11H12BrN5O/c1-7-14-9(16-15-7)6-17(2)11(18)10-8(12)4-3-5-13-10/h3-5H,6H2,1-2H3,(H,14,15,16). The maximum Gasteiger partial charge on any atom is 0.273 e. The number of hydrogen-bond acceptors (Lipinski definition) is 4. The van der Waals surface area contributed by atoms with E-state index in [1.54, 1.807) is 25.4 Å². The van der Waals surface area contributed by atoms with Gasteiger partial charge in [0.1, 0.15) is 11.5 Å². The van der Waals surface area contributed by atoms with Gasteiger partial charge < -0.3 is 4.90 Å². The Morgan fingerprint density at radius 2 is 2.33 bits per heavy atom. The summed E-state index contributed by atoms with van der Waals surface area (Å²) in [5, 5.41) is 6.73. The van der Waals surface area contributed by atoms with Crippen LogP contribution in [0, 0.1) is 6.92 Å². The zero-order valence-electron chi connectivity index (χ0n) is 10.0. The molecule has 2 heterocycles. The molecule has 0 aromatic carbocycles. The quantitative estimate of drug-likeness (QED) is 0.933. The molecule has 0 aliphatic heterocycles. The van der Waals surface area contributed by atoms with Gasteiger partial charge in [-0.25, -0.2) is 9.97 Å². The van der Waals surface area contributed by atoms with Crippen molar-refractivity contribution in [2.75, 3.05) is 7.05 Å². The number of aromatic amines is 1. The minimum atomic E-state index is -0.176. The SMILES string of the molecule is Cc1nc(CN(C)C(=O)c2ncccc2Br)n[nH]1. The van der Waals surface area contributed by atoms with Crippen molar-refractivity contribution in [3.05, 3.63) is 40.1 Å². The first-order valence-electron chi connectivity index (χ1n) is 5.32. The highest BCUT2D eigenvalue weighted by molar-refractivity contribution is 9.10. The van der Waals surface area contributed by atoms with E-state index in [2.05, 4.69) is 36.1 Å². The van der Waals surface area contributed by atoms with Gasteiger partial charge in [0.2, 0.25) is 0 Å². The minimum Gasteiger partial charge on any atom is -0.333 e. The van der Waals surface area contributed by atoms with Crippen molar-refractivity contribution in [3.63, 3.8) is 0 Å². The van der Waals surface area contributed by atoms with E-state index < -0.39 is 0 Å². The molecule has 0 saturated heterocycles. The molecule has 0 spiro atoms. The number of carbonyl (C=O) groups excluding carboxylic acids is 1. The molecule has 0 bridgehead atoms. The number of nitrogens with one attached hydrogen (secondary N) is 1. The first kappa shape index (κ1) is 12.7. The zero-order valence-corrected chi connectivity index (χ0v) is 11.6. The lowest BCUT2D eigenvalue weighted by Gasteiger charge is -2.15. The van der Waals surface area contributed by atoms with Crippen molar-refractivity contribution in [1.29, 1.82) is 0 Å². The summed E-state index contributed by atoms with van der Waals surface area (Å²) in [6.07, 6.45) is 1.59. The Labute approximate surface area is 113 Å². The van der Waals surface area contributed by atoms with E-state index in [1.165, 1.54) is 4.90 Å². The Kier molecular flexibility index (Phi) is 3.71. The Morgan fingerprint density at radius 3 is 2.94 bits per heavy atom. The fraction of sp³-hybridized carbons (Fsp3) is 0.273. The van der Waals surface area contributed by atoms with Crippen molar-refractivity contribution in [1.82, 2.24) is 25.1 Å². The van der Waals surface area contributed by atoms with Crippen molar-refractivity contribution in [2.24, 2.45) is 0 Å². The number of aromatic nitrogens is 4. The van der Waals surface area contributed by atoms with Crippen LogP contribution in [0.2, 0.25) is 0 Å². The van der Waals surface area contributed by atoms with E-state index in [0.29, 0.717) is 22.5 Å². The van der Waals surface area contributed by atoms with Gasteiger partial charge in [0.15, 0.2) is 5.82 Å². The highest BCUT2D eigenvalue weighted by Gasteiger charge is 2.17. The normalized spacial score (nSPS) is 10.4. The van der Waals surface area contributed by atoms with Crippen LogP contribution in [0.15, 0.2) is 22.8 Å². The topological polar surface area (TPSA) is 74.8 Å². The van der Waals surface area contributed by atoms with E-state index in [0.717, 1.165) is 5.82 Å². The Hall–Kier alpha value is -1.76. The highest BCUT2D eigenvalue weighted by atomic mass is 79.9. The molecule has 0 atom stereocenters. The predicted molar refractivity (Wildman–Crippen MR) is 68.9 cm³/mol. The fourth-order valence-electron chi connectivity index (χ4n) is 1.47. The van der Waals surface area contributed by atoms with Gasteiger partial charge in [-0.2, -0.15) is 5.10 Å². The molecule has 7 heteroatoms. The average molecular weight is 310 g/mol. The number of aryl methyl sites for hydroxylation is 1. The summed E-state index contributed by atoms with van der Waals surface area (Å²) in [6.45, 7) is 2.15. The van der Waals surface area contributed by atoms with E-state index in [1.807, 2.05) is 6.92 Å². The maximum atomic E-state index is 12.1. The molecule has 0 unspecified atom stereocenters. The molecule has 2 aromatic rings. The van der Waals surface area contributed by atoms with Gasteiger partial charge in [-0.05, 0) is 35.0 Å². The van der Waals surface area contributed by atoms with Gasteiger partial charge in [-0.1, -0.05) is 0 Å². The molecule has 0 aliphatic carbocycles. The molecular weight excluding hydrogens is 298 g/mol. The average Bonchev–Trinajstić information content (AvgIpc) is 2.74. The molecule has 2 rings (SSSR count). The van der Waals surface area contributed by atoms with Crippen LogP contribution in [0.1, 0.15) is 22.1 Å². The zero-order chi connectivity index (χ0) is 13.1. The highest BCUT2D eigenvalue weighted by Crippen LogP contribution is 2.15. The summed E-state index contributed by atoms with van der Waals surface area (Å²) in [6, 6.07) is 3.55. The first-order valence-corrected chi connectivity index (χ1v) is 6.11. The summed E-state index contributed by atoms with van der Waals surface area (Å²) in [4.78, 5) is 21.9. The summed E-state index contributed by atoms with van der Waals surface area (Å²) in [5.74, 6) is 1.13. The Bertz CT molecular complexity index is 568. The smallest absolute Gasteiger partial charge is 0.273 e. The number of halogens is 1. The predicted octanol–water partition coefficient (Wildman–Crippen LogP) is 1.54. The monoisotopic (exact) mass is 309 g/mol. The number of H-pyrrole nitrogens is 1. The third kappa shape index (κ3) is 2.73. The van der Waals surface area contributed by atoms with Crippen molar-refractivity contribution in [3.8, 4) is 0 Å². The van der Waals surface area contributed by atoms with Crippen LogP contribution >= 0.6 is 15.9 Å². The van der Waals surface area contributed by atoms with Gasteiger partial charge in [0.25, 0.3) is 5.91 Å². The van der Waals surface area contributed by atoms with E-state index >= 15 is 0 Å². The third-order valence-corrected chi connectivity index (χ3v) is 2.97. The Balaban J connectivity index is 2.12. The second-order valence-corrected chi connectivity index (χ2v) is 4.69. The summed E-state index contributed by atoms with van der Waals surface area (Å²) >= 11 is 3.31. The molecule has 1 N–H and O–H groups in total. The van der Waals surface area contributed by atoms with Crippen molar-refractivity contribution in [2.45, 2.75) is 13.5 Å². The van der Waals surface area contributed by atoms with Gasteiger partial charge in [-0.15, -0.1) is 0 Å². The van der Waals surface area contributed by atoms with E-state index in [4.69, 9.17) is 0 Å². The molecule has 0 aliphatic rings. The van der Waals surface area contributed by atoms with Gasteiger partial charge in [-0.3, -0.25) is 9.89 Å². The van der Waals surface area contributed by atoms with Crippen LogP contribution in [0.5, 0.6) is 0 Å². The number of hydrogen-bond donors (Lipinski definition) is 1. The lowest BCUT2D eigenvalue weighted by molar-refractivity contribution is 0.0775. The van der Waals surface area contributed by atoms with Gasteiger partial charge >= 0.3 is 0 Å². The lowest BCUT2D eigenvalue weighted by atomic mass is 10.3. The molecule has 6 nitrogen and oxygen atoms in total. The van der Waals surface area contributed by atoms with Crippen molar-refractivity contribution >= 4 is 21.8 Å². The minimum absolute atomic E-state index is 0.176. The summed E-state index contributed by atoms with van der Waals surface area (Å²) in [7, 11) is 1.69.